The summed E-state index contributed by atoms with van der Waals surface area (Å²) in [4.78, 5) is 18.5. The maximum absolute atomic E-state index is 5.12. The lowest BCUT2D eigenvalue weighted by Gasteiger charge is -2.14. The molecular formula is C44H30N4. The quantitative estimate of drug-likeness (QED) is 0.179. The zero-order valence-corrected chi connectivity index (χ0v) is 26.1. The molecule has 0 saturated carbocycles. The molecule has 0 bridgehead atoms. The first kappa shape index (κ1) is 28.9. The van der Waals surface area contributed by atoms with Crippen molar-refractivity contribution >= 4 is 0 Å². The number of hydrogen-bond donors (Lipinski definition) is 0. The molecule has 0 N–H and O–H groups in total. The molecule has 0 aliphatic carbocycles. The van der Waals surface area contributed by atoms with Gasteiger partial charge in [0.05, 0.1) is 17.1 Å². The van der Waals surface area contributed by atoms with Crippen LogP contribution in [-0.4, -0.2) is 19.9 Å². The van der Waals surface area contributed by atoms with Crippen LogP contribution in [0.2, 0.25) is 0 Å². The van der Waals surface area contributed by atoms with Crippen LogP contribution >= 0.6 is 0 Å². The van der Waals surface area contributed by atoms with Crippen molar-refractivity contribution < 1.29 is 0 Å². The van der Waals surface area contributed by atoms with Gasteiger partial charge in [0.2, 0.25) is 0 Å². The monoisotopic (exact) mass is 614 g/mol. The zero-order chi connectivity index (χ0) is 32.1. The summed E-state index contributed by atoms with van der Waals surface area (Å²) in [6.07, 6.45) is 5.37. The van der Waals surface area contributed by atoms with E-state index in [0.29, 0.717) is 5.82 Å². The van der Waals surface area contributed by atoms with Crippen molar-refractivity contribution in [3.63, 3.8) is 0 Å². The van der Waals surface area contributed by atoms with Crippen molar-refractivity contribution in [3.05, 3.63) is 182 Å². The molecule has 0 aliphatic rings. The Kier molecular flexibility index (Phi) is 7.87. The largest absolute Gasteiger partial charge is 0.256 e. The summed E-state index contributed by atoms with van der Waals surface area (Å²) >= 11 is 0. The van der Waals surface area contributed by atoms with Crippen molar-refractivity contribution in [1.82, 2.24) is 19.9 Å². The molecule has 0 atom stereocenters. The Labute approximate surface area is 280 Å². The van der Waals surface area contributed by atoms with Crippen LogP contribution in [-0.2, 0) is 0 Å². The molecule has 0 radical (unpaired) electrons. The van der Waals surface area contributed by atoms with E-state index >= 15 is 0 Å². The highest BCUT2D eigenvalue weighted by Gasteiger charge is 2.13. The van der Waals surface area contributed by atoms with E-state index in [1.54, 1.807) is 12.4 Å². The van der Waals surface area contributed by atoms with Crippen molar-refractivity contribution in [2.75, 3.05) is 0 Å². The number of rotatable bonds is 7. The van der Waals surface area contributed by atoms with Gasteiger partial charge in [-0.1, -0.05) is 115 Å². The van der Waals surface area contributed by atoms with E-state index in [-0.39, 0.29) is 0 Å². The Bertz CT molecular complexity index is 2130. The van der Waals surface area contributed by atoms with E-state index in [1.807, 2.05) is 42.6 Å². The standard InChI is InChI=1S/C44H30N4/c1-3-10-33(11-4-1)42-29-40(30-43(48-42)34-12-5-2-6-13-34)39-27-37(31-15-19-35(20-16-31)41-14-7-8-23-45-41)26-38(28-39)32-17-21-36(22-18-32)44-46-24-9-25-47-44/h1-30H. The van der Waals surface area contributed by atoms with Crippen molar-refractivity contribution in [2.45, 2.75) is 0 Å². The maximum Gasteiger partial charge on any atom is 0.159 e. The first-order chi connectivity index (χ1) is 23.8. The fraction of sp³-hybridized carbons (Fsp3) is 0. The number of hydrogen-bond acceptors (Lipinski definition) is 4. The molecule has 0 fully saturated rings. The summed E-state index contributed by atoms with van der Waals surface area (Å²) in [6.45, 7) is 0. The second kappa shape index (κ2) is 13.1. The van der Waals surface area contributed by atoms with Crippen LogP contribution in [0.25, 0.3) is 78.5 Å². The molecule has 8 rings (SSSR count). The van der Waals surface area contributed by atoms with Gasteiger partial charge in [-0.05, 0) is 81.9 Å². The molecule has 0 saturated heterocycles. The average Bonchev–Trinajstić information content (AvgIpc) is 3.19. The Morgan fingerprint density at radius 2 is 0.667 bits per heavy atom. The number of benzene rings is 5. The van der Waals surface area contributed by atoms with Crippen LogP contribution in [0.1, 0.15) is 0 Å². The zero-order valence-electron chi connectivity index (χ0n) is 26.1. The van der Waals surface area contributed by atoms with Crippen LogP contribution in [0.5, 0.6) is 0 Å². The van der Waals surface area contributed by atoms with Gasteiger partial charge in [-0.25, -0.2) is 15.0 Å². The molecule has 0 unspecified atom stereocenters. The van der Waals surface area contributed by atoms with Crippen LogP contribution in [0.15, 0.2) is 182 Å². The molecule has 8 aromatic rings. The highest BCUT2D eigenvalue weighted by atomic mass is 14.8. The minimum Gasteiger partial charge on any atom is -0.256 e. The summed E-state index contributed by atoms with van der Waals surface area (Å²) in [5, 5.41) is 0. The third-order valence-corrected chi connectivity index (χ3v) is 8.45. The Morgan fingerprint density at radius 1 is 0.250 bits per heavy atom. The summed E-state index contributed by atoms with van der Waals surface area (Å²) in [6, 6.07) is 57.0. The van der Waals surface area contributed by atoms with Gasteiger partial charge in [-0.15, -0.1) is 0 Å². The molecular weight excluding hydrogens is 585 g/mol. The molecule has 48 heavy (non-hydrogen) atoms. The summed E-state index contributed by atoms with van der Waals surface area (Å²) in [5.74, 6) is 0.713. The van der Waals surface area contributed by atoms with E-state index in [9.17, 15) is 0 Å². The van der Waals surface area contributed by atoms with Gasteiger partial charge in [0.25, 0.3) is 0 Å². The second-order valence-corrected chi connectivity index (χ2v) is 11.6. The van der Waals surface area contributed by atoms with E-state index < -0.39 is 0 Å². The smallest absolute Gasteiger partial charge is 0.159 e. The van der Waals surface area contributed by atoms with E-state index in [1.165, 1.54) is 0 Å². The highest BCUT2D eigenvalue weighted by Crippen LogP contribution is 2.37. The molecule has 4 heteroatoms. The van der Waals surface area contributed by atoms with E-state index in [4.69, 9.17) is 4.98 Å². The van der Waals surface area contributed by atoms with Crippen LogP contribution < -0.4 is 0 Å². The molecule has 0 amide bonds. The summed E-state index contributed by atoms with van der Waals surface area (Å²) in [7, 11) is 0. The molecule has 4 nitrogen and oxygen atoms in total. The lowest BCUT2D eigenvalue weighted by atomic mass is 9.91. The van der Waals surface area contributed by atoms with Crippen molar-refractivity contribution in [2.24, 2.45) is 0 Å². The van der Waals surface area contributed by atoms with E-state index in [2.05, 4.69) is 142 Å². The lowest BCUT2D eigenvalue weighted by Crippen LogP contribution is -1.92. The molecule has 226 valence electrons. The van der Waals surface area contributed by atoms with Gasteiger partial charge in [0, 0.05) is 40.8 Å². The third kappa shape index (κ3) is 6.15. The minimum atomic E-state index is 0.713. The SMILES string of the molecule is c1ccc(-c2cc(-c3cc(-c4ccc(-c5ccccn5)cc4)cc(-c4ccc(-c5ncccn5)cc4)c3)cc(-c3ccccc3)n2)cc1. The Morgan fingerprint density at radius 3 is 1.19 bits per heavy atom. The fourth-order valence-corrected chi connectivity index (χ4v) is 5.97. The Balaban J connectivity index is 1.28. The lowest BCUT2D eigenvalue weighted by molar-refractivity contribution is 1.18. The van der Waals surface area contributed by atoms with Crippen LogP contribution in [0.4, 0.5) is 0 Å². The van der Waals surface area contributed by atoms with Gasteiger partial charge in [-0.2, -0.15) is 0 Å². The number of nitrogens with zero attached hydrogens (tertiary/aromatic N) is 4. The molecule has 0 spiro atoms. The van der Waals surface area contributed by atoms with Gasteiger partial charge in [0.1, 0.15) is 0 Å². The highest BCUT2D eigenvalue weighted by molar-refractivity contribution is 5.85. The van der Waals surface area contributed by atoms with Gasteiger partial charge in [-0.3, -0.25) is 4.98 Å². The van der Waals surface area contributed by atoms with E-state index in [0.717, 1.165) is 72.7 Å². The molecule has 0 aliphatic heterocycles. The average molecular weight is 615 g/mol. The minimum absolute atomic E-state index is 0.713. The van der Waals surface area contributed by atoms with Gasteiger partial charge >= 0.3 is 0 Å². The molecule has 5 aromatic carbocycles. The van der Waals surface area contributed by atoms with Crippen molar-refractivity contribution in [3.8, 4) is 78.5 Å². The topological polar surface area (TPSA) is 51.6 Å². The van der Waals surface area contributed by atoms with Gasteiger partial charge < -0.3 is 0 Å². The number of pyridine rings is 2. The predicted octanol–water partition coefficient (Wildman–Crippen LogP) is 10.9. The first-order valence-electron chi connectivity index (χ1n) is 15.9. The Hall–Kier alpha value is -6.52. The maximum atomic E-state index is 5.12. The normalized spacial score (nSPS) is 10.9. The second-order valence-electron chi connectivity index (χ2n) is 11.6. The molecule has 3 aromatic heterocycles. The van der Waals surface area contributed by atoms with Crippen molar-refractivity contribution in [1.29, 1.82) is 0 Å². The van der Waals surface area contributed by atoms with Crippen LogP contribution in [0.3, 0.4) is 0 Å². The molecule has 3 heterocycles. The van der Waals surface area contributed by atoms with Gasteiger partial charge in [0.15, 0.2) is 5.82 Å². The van der Waals surface area contributed by atoms with Crippen LogP contribution in [0, 0.1) is 0 Å². The first-order valence-corrected chi connectivity index (χ1v) is 15.9. The summed E-state index contributed by atoms with van der Waals surface area (Å²) in [5.41, 5.74) is 13.8. The number of aromatic nitrogens is 4. The predicted molar refractivity (Wildman–Crippen MR) is 196 cm³/mol. The summed E-state index contributed by atoms with van der Waals surface area (Å²) < 4.78 is 0. The third-order valence-electron chi connectivity index (χ3n) is 8.45. The fourth-order valence-electron chi connectivity index (χ4n) is 5.97.